The second kappa shape index (κ2) is 10.3. The number of imidazole rings is 1. The number of hydrogen-bond acceptors (Lipinski definition) is 4. The van der Waals surface area contributed by atoms with Crippen molar-refractivity contribution >= 4 is 22.8 Å². The molecule has 7 heteroatoms. The van der Waals surface area contributed by atoms with Crippen LogP contribution in [0.25, 0.3) is 11.0 Å². The number of hydrogen-bond donors (Lipinski definition) is 2. The third-order valence-corrected chi connectivity index (χ3v) is 8.38. The molecule has 5 aromatic rings. The van der Waals surface area contributed by atoms with Gasteiger partial charge < -0.3 is 10.3 Å². The van der Waals surface area contributed by atoms with Gasteiger partial charge in [0.1, 0.15) is 5.84 Å². The van der Waals surface area contributed by atoms with Crippen molar-refractivity contribution in [2.75, 3.05) is 13.1 Å². The summed E-state index contributed by atoms with van der Waals surface area (Å²) in [7, 11) is 0. The van der Waals surface area contributed by atoms with Crippen molar-refractivity contribution in [2.45, 2.75) is 31.0 Å². The number of fused-ring (bicyclic) bond motifs is 1. The molecule has 1 saturated heterocycles. The molecular weight excluding hydrogens is 510 g/mol. The number of nitrogens with zero attached hydrogens (tertiary/aromatic N) is 3. The minimum Gasteiger partial charge on any atom is -0.308 e. The largest absolute Gasteiger partial charge is 0.326 e. The van der Waals surface area contributed by atoms with Crippen LogP contribution in [0.5, 0.6) is 0 Å². The standard InChI is InChI=1S/C34H31N5O2/c40-32-34(26-12-3-1-4-13-26,27-14-5-2-6-15-27)37-31(36-32)25-11-9-10-24(22-25)23-38-20-18-28(19-21-38)39-30-17-8-7-16-29(30)35-33(39)41/h1-17,22,28H,18-21,23H2,(H,35,41)(H,36,37,40). The number of likely N-dealkylation sites (tertiary alicyclic amines) is 1. The SMILES string of the molecule is O=C1NC(c2cccc(CN3CCC(n4c(=O)[nH]c5ccccc54)CC3)c2)=NC1(c1ccccc1)c1ccccc1. The predicted molar refractivity (Wildman–Crippen MR) is 161 cm³/mol. The summed E-state index contributed by atoms with van der Waals surface area (Å²) in [5, 5.41) is 3.09. The molecule has 2 aliphatic heterocycles. The van der Waals surface area contributed by atoms with Crippen LogP contribution < -0.4 is 11.0 Å². The van der Waals surface area contributed by atoms with E-state index in [9.17, 15) is 9.59 Å². The Morgan fingerprint density at radius 3 is 2.15 bits per heavy atom. The van der Waals surface area contributed by atoms with Gasteiger partial charge in [-0.2, -0.15) is 0 Å². The van der Waals surface area contributed by atoms with Crippen molar-refractivity contribution in [3.63, 3.8) is 0 Å². The van der Waals surface area contributed by atoms with Crippen molar-refractivity contribution in [1.82, 2.24) is 19.8 Å². The highest BCUT2D eigenvalue weighted by Crippen LogP contribution is 2.38. The van der Waals surface area contributed by atoms with E-state index in [1.54, 1.807) is 0 Å². The summed E-state index contributed by atoms with van der Waals surface area (Å²) in [5.74, 6) is 0.437. The lowest BCUT2D eigenvalue weighted by Gasteiger charge is -2.32. The molecule has 0 aliphatic carbocycles. The van der Waals surface area contributed by atoms with Crippen LogP contribution in [0.2, 0.25) is 0 Å². The fraction of sp³-hybridized carbons (Fsp3) is 0.206. The number of carbonyl (C=O) groups excluding carboxylic acids is 1. The van der Waals surface area contributed by atoms with E-state index in [0.717, 1.165) is 60.2 Å². The number of aromatic nitrogens is 2. The fourth-order valence-electron chi connectivity index (χ4n) is 6.35. The minimum absolute atomic E-state index is 0.0289. The van der Waals surface area contributed by atoms with Crippen LogP contribution >= 0.6 is 0 Å². The number of aliphatic imine (C=N–C) groups is 1. The number of amidine groups is 1. The van der Waals surface area contributed by atoms with Crippen molar-refractivity contribution in [3.8, 4) is 0 Å². The van der Waals surface area contributed by atoms with Crippen molar-refractivity contribution in [2.24, 2.45) is 4.99 Å². The van der Waals surface area contributed by atoms with E-state index in [-0.39, 0.29) is 17.6 Å². The number of rotatable bonds is 6. The van der Waals surface area contributed by atoms with E-state index >= 15 is 0 Å². The zero-order chi connectivity index (χ0) is 27.8. The number of piperidine rings is 1. The van der Waals surface area contributed by atoms with Gasteiger partial charge in [0.15, 0.2) is 5.54 Å². The molecule has 0 bridgehead atoms. The van der Waals surface area contributed by atoms with Gasteiger partial charge in [0.2, 0.25) is 0 Å². The summed E-state index contributed by atoms with van der Waals surface area (Å²) in [4.78, 5) is 36.8. The Bertz CT molecular complexity index is 1760. The molecule has 1 aromatic heterocycles. The molecule has 7 nitrogen and oxygen atoms in total. The van der Waals surface area contributed by atoms with Gasteiger partial charge in [-0.3, -0.25) is 14.3 Å². The topological polar surface area (TPSA) is 82.5 Å². The Morgan fingerprint density at radius 1 is 0.780 bits per heavy atom. The number of amides is 1. The molecule has 0 atom stereocenters. The second-order valence-corrected chi connectivity index (χ2v) is 10.9. The molecule has 204 valence electrons. The summed E-state index contributed by atoms with van der Waals surface area (Å²) in [6.07, 6.45) is 1.84. The van der Waals surface area contributed by atoms with Crippen molar-refractivity contribution in [3.05, 3.63) is 142 Å². The maximum Gasteiger partial charge on any atom is 0.326 e. The van der Waals surface area contributed by atoms with Crippen LogP contribution in [0.4, 0.5) is 0 Å². The normalized spacial score (nSPS) is 17.5. The molecule has 1 fully saturated rings. The summed E-state index contributed by atoms with van der Waals surface area (Å²) in [6.45, 7) is 2.61. The number of nitrogens with one attached hydrogen (secondary N) is 2. The van der Waals surface area contributed by atoms with E-state index in [0.29, 0.717) is 5.84 Å². The Balaban J connectivity index is 1.11. The monoisotopic (exact) mass is 541 g/mol. The number of benzene rings is 4. The van der Waals surface area contributed by atoms with Crippen LogP contribution in [0, 0.1) is 0 Å². The summed E-state index contributed by atoms with van der Waals surface area (Å²) < 4.78 is 1.93. The first kappa shape index (κ1) is 25.2. The highest BCUT2D eigenvalue weighted by Gasteiger charge is 2.47. The first-order valence-corrected chi connectivity index (χ1v) is 14.1. The lowest BCUT2D eigenvalue weighted by atomic mass is 9.83. The molecule has 0 radical (unpaired) electrons. The zero-order valence-corrected chi connectivity index (χ0v) is 22.7. The number of aromatic amines is 1. The summed E-state index contributed by atoms with van der Waals surface area (Å²) in [5.41, 5.74) is 4.45. The Hall–Kier alpha value is -4.75. The van der Waals surface area contributed by atoms with Crippen LogP contribution in [0.1, 0.15) is 41.1 Å². The molecule has 7 rings (SSSR count). The smallest absolute Gasteiger partial charge is 0.308 e. The lowest BCUT2D eigenvalue weighted by molar-refractivity contribution is -0.122. The van der Waals surface area contributed by atoms with Crippen LogP contribution in [-0.4, -0.2) is 39.3 Å². The Morgan fingerprint density at radius 2 is 1.44 bits per heavy atom. The molecule has 2 aliphatic rings. The van der Waals surface area contributed by atoms with Gasteiger partial charge in [-0.15, -0.1) is 0 Å². The van der Waals surface area contributed by atoms with Gasteiger partial charge >= 0.3 is 5.69 Å². The maximum absolute atomic E-state index is 13.7. The van der Waals surface area contributed by atoms with E-state index in [2.05, 4.69) is 27.3 Å². The molecule has 4 aromatic carbocycles. The first-order valence-electron chi connectivity index (χ1n) is 14.1. The Kier molecular flexibility index (Phi) is 6.36. The van der Waals surface area contributed by atoms with Gasteiger partial charge in [0, 0.05) is 31.2 Å². The number of H-pyrrole nitrogens is 1. The van der Waals surface area contributed by atoms with Gasteiger partial charge in [0.25, 0.3) is 5.91 Å². The van der Waals surface area contributed by atoms with Crippen molar-refractivity contribution in [1.29, 1.82) is 0 Å². The first-order chi connectivity index (χ1) is 20.1. The van der Waals surface area contributed by atoms with E-state index in [4.69, 9.17) is 4.99 Å². The summed E-state index contributed by atoms with van der Waals surface area (Å²) in [6, 6.07) is 35.9. The average Bonchev–Trinajstić information content (AvgIpc) is 3.55. The van der Waals surface area contributed by atoms with E-state index in [1.807, 2.05) is 102 Å². The zero-order valence-electron chi connectivity index (χ0n) is 22.7. The van der Waals surface area contributed by atoms with Gasteiger partial charge in [-0.05, 0) is 47.7 Å². The van der Waals surface area contributed by atoms with Crippen LogP contribution in [-0.2, 0) is 16.9 Å². The molecule has 0 spiro atoms. The molecule has 0 saturated carbocycles. The van der Waals surface area contributed by atoms with Crippen molar-refractivity contribution < 1.29 is 4.79 Å². The van der Waals surface area contributed by atoms with Gasteiger partial charge in [-0.25, -0.2) is 9.79 Å². The van der Waals surface area contributed by atoms with Crippen LogP contribution in [0.3, 0.4) is 0 Å². The fourth-order valence-corrected chi connectivity index (χ4v) is 6.35. The number of carbonyl (C=O) groups is 1. The van der Waals surface area contributed by atoms with Crippen LogP contribution in [0.15, 0.2) is 119 Å². The highest BCUT2D eigenvalue weighted by molar-refractivity contribution is 6.16. The molecule has 3 heterocycles. The maximum atomic E-state index is 13.7. The molecular formula is C34H31N5O2. The van der Waals surface area contributed by atoms with E-state index in [1.165, 1.54) is 5.56 Å². The molecule has 1 amide bonds. The minimum atomic E-state index is -1.13. The average molecular weight is 542 g/mol. The third-order valence-electron chi connectivity index (χ3n) is 8.38. The molecule has 0 unspecified atom stereocenters. The third kappa shape index (κ3) is 4.48. The van der Waals surface area contributed by atoms with E-state index < -0.39 is 5.54 Å². The lowest BCUT2D eigenvalue weighted by Crippen LogP contribution is -2.38. The highest BCUT2D eigenvalue weighted by atomic mass is 16.2. The predicted octanol–water partition coefficient (Wildman–Crippen LogP) is 4.99. The summed E-state index contributed by atoms with van der Waals surface area (Å²) >= 11 is 0. The number of para-hydroxylation sites is 2. The molecule has 41 heavy (non-hydrogen) atoms. The van der Waals surface area contributed by atoms with Gasteiger partial charge in [-0.1, -0.05) is 91.0 Å². The van der Waals surface area contributed by atoms with Gasteiger partial charge in [0.05, 0.1) is 11.0 Å². The molecule has 2 N–H and O–H groups in total. The Labute approximate surface area is 238 Å². The second-order valence-electron chi connectivity index (χ2n) is 10.9. The quantitative estimate of drug-likeness (QED) is 0.318.